The van der Waals surface area contributed by atoms with Gasteiger partial charge in [-0.15, -0.1) is 0 Å². The molecular weight excluding hydrogens is 372 g/mol. The lowest BCUT2D eigenvalue weighted by Crippen LogP contribution is -2.21. The first-order valence-electron chi connectivity index (χ1n) is 9.20. The van der Waals surface area contributed by atoms with E-state index < -0.39 is 18.5 Å². The van der Waals surface area contributed by atoms with Crippen LogP contribution in [0.25, 0.3) is 0 Å². The monoisotopic (exact) mass is 394 g/mol. The van der Waals surface area contributed by atoms with Gasteiger partial charge in [0.1, 0.15) is 11.3 Å². The molecule has 0 atom stereocenters. The van der Waals surface area contributed by atoms with E-state index in [0.717, 1.165) is 0 Å². The number of anilines is 1. The maximum atomic E-state index is 12.4. The Bertz CT molecular complexity index is 995. The quantitative estimate of drug-likeness (QED) is 0.585. The van der Waals surface area contributed by atoms with E-state index in [-0.39, 0.29) is 11.5 Å². The number of ether oxygens (including phenoxy) is 2. The van der Waals surface area contributed by atoms with Crippen LogP contribution >= 0.6 is 0 Å². The number of hydrogen-bond donors (Lipinski definition) is 1. The Kier molecular flexibility index (Phi) is 6.29. The number of benzene rings is 2. The van der Waals surface area contributed by atoms with E-state index in [1.807, 2.05) is 44.2 Å². The second-order valence-electron chi connectivity index (χ2n) is 6.70. The second kappa shape index (κ2) is 9.05. The number of esters is 1. The number of hydrogen-bond acceptors (Lipinski definition) is 6. The van der Waals surface area contributed by atoms with Crippen LogP contribution in [0.4, 0.5) is 5.69 Å². The summed E-state index contributed by atoms with van der Waals surface area (Å²) < 4.78 is 16.2. The predicted octanol–water partition coefficient (Wildman–Crippen LogP) is 4.69. The molecule has 0 aliphatic carbocycles. The molecule has 1 N–H and O–H groups in total. The number of nitrogens with one attached hydrogen (secondary N) is 1. The zero-order valence-corrected chi connectivity index (χ0v) is 16.5. The van der Waals surface area contributed by atoms with Crippen molar-refractivity contribution < 1.29 is 23.6 Å². The number of carbonyl (C=O) groups excluding carboxylic acids is 2. The lowest BCUT2D eigenvalue weighted by molar-refractivity contribution is -0.119. The standard InChI is InChI=1S/C22H22N2O5/c1-14(2)21-20(15(3)24-29-21)22(26)27-13-19(25)23-17-11-7-8-12-18(17)28-16-9-5-4-6-10-16/h4-12,14H,13H2,1-3H3,(H,23,25). The second-order valence-corrected chi connectivity index (χ2v) is 6.70. The van der Waals surface area contributed by atoms with Crippen LogP contribution in [0.5, 0.6) is 11.5 Å². The largest absolute Gasteiger partial charge is 0.455 e. The predicted molar refractivity (Wildman–Crippen MR) is 107 cm³/mol. The molecule has 3 aromatic rings. The van der Waals surface area contributed by atoms with Crippen LogP contribution < -0.4 is 10.1 Å². The van der Waals surface area contributed by atoms with Crippen LogP contribution in [0.3, 0.4) is 0 Å². The molecule has 0 radical (unpaired) electrons. The highest BCUT2D eigenvalue weighted by molar-refractivity contribution is 5.97. The van der Waals surface area contributed by atoms with E-state index in [2.05, 4.69) is 10.5 Å². The van der Waals surface area contributed by atoms with Gasteiger partial charge < -0.3 is 19.3 Å². The molecule has 0 aliphatic heterocycles. The first-order valence-corrected chi connectivity index (χ1v) is 9.20. The highest BCUT2D eigenvalue weighted by atomic mass is 16.5. The van der Waals surface area contributed by atoms with Gasteiger partial charge in [-0.25, -0.2) is 4.79 Å². The molecule has 7 nitrogen and oxygen atoms in total. The number of rotatable bonds is 7. The maximum Gasteiger partial charge on any atom is 0.344 e. The Morgan fingerprint density at radius 1 is 1.07 bits per heavy atom. The first kappa shape index (κ1) is 20.1. The summed E-state index contributed by atoms with van der Waals surface area (Å²) in [5.74, 6) is 0.406. The molecule has 2 aromatic carbocycles. The number of amides is 1. The van der Waals surface area contributed by atoms with Crippen molar-refractivity contribution in [1.82, 2.24) is 5.16 Å². The fourth-order valence-electron chi connectivity index (χ4n) is 2.69. The minimum Gasteiger partial charge on any atom is -0.455 e. The fraction of sp³-hybridized carbons (Fsp3) is 0.227. The Balaban J connectivity index is 1.63. The van der Waals surface area contributed by atoms with Gasteiger partial charge in [0.25, 0.3) is 5.91 Å². The number of nitrogens with zero attached hydrogens (tertiary/aromatic N) is 1. The highest BCUT2D eigenvalue weighted by Gasteiger charge is 2.24. The van der Waals surface area contributed by atoms with E-state index in [4.69, 9.17) is 14.0 Å². The van der Waals surface area contributed by atoms with Crippen LogP contribution in [0.1, 0.15) is 41.6 Å². The lowest BCUT2D eigenvalue weighted by atomic mass is 10.1. The third-order valence-corrected chi connectivity index (χ3v) is 4.08. The Morgan fingerprint density at radius 2 is 1.76 bits per heavy atom. The Hall–Kier alpha value is -3.61. The molecule has 0 saturated carbocycles. The summed E-state index contributed by atoms with van der Waals surface area (Å²) in [6.45, 7) is 4.98. The molecule has 0 spiro atoms. The van der Waals surface area contributed by atoms with E-state index >= 15 is 0 Å². The van der Waals surface area contributed by atoms with Gasteiger partial charge in [0.2, 0.25) is 0 Å². The first-order chi connectivity index (χ1) is 14.0. The molecule has 3 rings (SSSR count). The smallest absolute Gasteiger partial charge is 0.344 e. The zero-order chi connectivity index (χ0) is 20.8. The van der Waals surface area contributed by atoms with Crippen LogP contribution in [-0.4, -0.2) is 23.6 Å². The number of aryl methyl sites for hydroxylation is 1. The summed E-state index contributed by atoms with van der Waals surface area (Å²) in [7, 11) is 0. The fourth-order valence-corrected chi connectivity index (χ4v) is 2.69. The SMILES string of the molecule is Cc1noc(C(C)C)c1C(=O)OCC(=O)Nc1ccccc1Oc1ccccc1. The number of carbonyl (C=O) groups is 2. The number of para-hydroxylation sites is 3. The summed E-state index contributed by atoms with van der Waals surface area (Å²) in [5, 5.41) is 6.52. The molecular formula is C22H22N2O5. The van der Waals surface area contributed by atoms with Gasteiger partial charge in [0.15, 0.2) is 18.1 Å². The summed E-state index contributed by atoms with van der Waals surface area (Å²) in [6.07, 6.45) is 0. The Morgan fingerprint density at radius 3 is 2.48 bits per heavy atom. The van der Waals surface area contributed by atoms with E-state index in [0.29, 0.717) is 28.6 Å². The molecule has 1 amide bonds. The molecule has 0 unspecified atom stereocenters. The molecule has 0 fully saturated rings. The summed E-state index contributed by atoms with van der Waals surface area (Å²) in [6, 6.07) is 16.2. The van der Waals surface area contributed by atoms with Crippen LogP contribution in [0, 0.1) is 6.92 Å². The highest BCUT2D eigenvalue weighted by Crippen LogP contribution is 2.29. The molecule has 0 saturated heterocycles. The van der Waals surface area contributed by atoms with E-state index in [9.17, 15) is 9.59 Å². The molecule has 0 bridgehead atoms. The van der Waals surface area contributed by atoms with Crippen molar-refractivity contribution in [2.75, 3.05) is 11.9 Å². The Labute approximate surface area is 168 Å². The van der Waals surface area contributed by atoms with Crippen molar-refractivity contribution in [3.8, 4) is 11.5 Å². The number of aromatic nitrogens is 1. The maximum absolute atomic E-state index is 12.4. The topological polar surface area (TPSA) is 90.7 Å². The van der Waals surface area contributed by atoms with Gasteiger partial charge >= 0.3 is 5.97 Å². The van der Waals surface area contributed by atoms with Crippen molar-refractivity contribution in [2.24, 2.45) is 0 Å². The van der Waals surface area contributed by atoms with E-state index in [1.165, 1.54) is 0 Å². The van der Waals surface area contributed by atoms with Gasteiger partial charge in [0, 0.05) is 5.92 Å². The summed E-state index contributed by atoms with van der Waals surface area (Å²) >= 11 is 0. The van der Waals surface area contributed by atoms with Crippen LogP contribution in [0.15, 0.2) is 59.1 Å². The minimum atomic E-state index is -0.642. The zero-order valence-electron chi connectivity index (χ0n) is 16.5. The van der Waals surface area contributed by atoms with Gasteiger partial charge in [0.05, 0.1) is 11.4 Å². The normalized spacial score (nSPS) is 10.6. The molecule has 150 valence electrons. The molecule has 1 aromatic heterocycles. The van der Waals surface area contributed by atoms with Crippen molar-refractivity contribution >= 4 is 17.6 Å². The average molecular weight is 394 g/mol. The molecule has 7 heteroatoms. The minimum absolute atomic E-state index is 0.0328. The van der Waals surface area contributed by atoms with Crippen molar-refractivity contribution in [3.63, 3.8) is 0 Å². The summed E-state index contributed by atoms with van der Waals surface area (Å²) in [4.78, 5) is 24.7. The molecule has 1 heterocycles. The van der Waals surface area contributed by atoms with E-state index in [1.54, 1.807) is 31.2 Å². The van der Waals surface area contributed by atoms with Crippen molar-refractivity contribution in [1.29, 1.82) is 0 Å². The van der Waals surface area contributed by atoms with Crippen LogP contribution in [-0.2, 0) is 9.53 Å². The van der Waals surface area contributed by atoms with Gasteiger partial charge in [-0.2, -0.15) is 0 Å². The van der Waals surface area contributed by atoms with Crippen LogP contribution in [0.2, 0.25) is 0 Å². The lowest BCUT2D eigenvalue weighted by Gasteiger charge is -2.12. The van der Waals surface area contributed by atoms with Gasteiger partial charge in [-0.1, -0.05) is 49.3 Å². The third kappa shape index (κ3) is 5.01. The summed E-state index contributed by atoms with van der Waals surface area (Å²) in [5.41, 5.74) is 1.17. The molecule has 29 heavy (non-hydrogen) atoms. The van der Waals surface area contributed by atoms with Gasteiger partial charge in [-0.3, -0.25) is 4.79 Å². The van der Waals surface area contributed by atoms with Crippen molar-refractivity contribution in [3.05, 3.63) is 71.6 Å². The molecule has 0 aliphatic rings. The third-order valence-electron chi connectivity index (χ3n) is 4.08. The van der Waals surface area contributed by atoms with Gasteiger partial charge in [-0.05, 0) is 31.2 Å². The van der Waals surface area contributed by atoms with Crippen molar-refractivity contribution in [2.45, 2.75) is 26.7 Å². The average Bonchev–Trinajstić information content (AvgIpc) is 3.10.